The Labute approximate surface area is 111 Å². The van der Waals surface area contributed by atoms with E-state index in [-0.39, 0.29) is 6.04 Å². The number of anilines is 1. The van der Waals surface area contributed by atoms with Crippen LogP contribution < -0.4 is 10.2 Å². The first-order chi connectivity index (χ1) is 8.85. The average Bonchev–Trinajstić information content (AvgIpc) is 2.34. The summed E-state index contributed by atoms with van der Waals surface area (Å²) in [7, 11) is 1.41. The summed E-state index contributed by atoms with van der Waals surface area (Å²) >= 11 is 0. The number of aromatic nitrogens is 1. The highest BCUT2D eigenvalue weighted by Crippen LogP contribution is 2.25. The van der Waals surface area contributed by atoms with Crippen molar-refractivity contribution in [1.29, 1.82) is 0 Å². The Morgan fingerprint density at radius 2 is 2.11 bits per heavy atom. The lowest BCUT2D eigenvalue weighted by molar-refractivity contribution is -0.119. The summed E-state index contributed by atoms with van der Waals surface area (Å²) in [5.74, 6) is 0.371. The predicted octanol–water partition coefficient (Wildman–Crippen LogP) is 3.14. The number of pyridine rings is 1. The van der Waals surface area contributed by atoms with Gasteiger partial charge in [-0.1, -0.05) is 13.0 Å². The van der Waals surface area contributed by atoms with Crippen LogP contribution in [-0.4, -0.2) is 31.3 Å². The van der Waals surface area contributed by atoms with E-state index in [0.717, 1.165) is 23.4 Å². The summed E-state index contributed by atoms with van der Waals surface area (Å²) in [5.41, 5.74) is 0.780. The van der Waals surface area contributed by atoms with Crippen molar-refractivity contribution in [3.05, 3.63) is 23.9 Å². The van der Waals surface area contributed by atoms with Crippen molar-refractivity contribution < 1.29 is 13.2 Å². The van der Waals surface area contributed by atoms with Crippen LogP contribution in [0.25, 0.3) is 0 Å². The SMILES string of the molecule is CCCNC(C)c1cccnc1N(C)CC(F)(F)F. The summed E-state index contributed by atoms with van der Waals surface area (Å²) in [4.78, 5) is 5.22. The zero-order valence-corrected chi connectivity index (χ0v) is 11.5. The highest BCUT2D eigenvalue weighted by Gasteiger charge is 2.30. The zero-order valence-electron chi connectivity index (χ0n) is 11.5. The number of hydrogen-bond donors (Lipinski definition) is 1. The molecule has 108 valence electrons. The maximum atomic E-state index is 12.4. The van der Waals surface area contributed by atoms with Crippen LogP contribution in [0.1, 0.15) is 31.9 Å². The second-order valence-electron chi connectivity index (χ2n) is 4.56. The Bertz CT molecular complexity index is 393. The largest absolute Gasteiger partial charge is 0.405 e. The molecule has 1 heterocycles. The van der Waals surface area contributed by atoms with Crippen molar-refractivity contribution in [1.82, 2.24) is 10.3 Å². The highest BCUT2D eigenvalue weighted by atomic mass is 19.4. The summed E-state index contributed by atoms with van der Waals surface area (Å²) in [6.45, 7) is 3.78. The topological polar surface area (TPSA) is 28.2 Å². The van der Waals surface area contributed by atoms with Gasteiger partial charge in [-0.25, -0.2) is 4.98 Å². The van der Waals surface area contributed by atoms with Crippen molar-refractivity contribution in [2.45, 2.75) is 32.5 Å². The van der Waals surface area contributed by atoms with Gasteiger partial charge in [-0.2, -0.15) is 13.2 Å². The van der Waals surface area contributed by atoms with Crippen LogP contribution >= 0.6 is 0 Å². The van der Waals surface area contributed by atoms with E-state index in [2.05, 4.69) is 10.3 Å². The Morgan fingerprint density at radius 1 is 1.42 bits per heavy atom. The Balaban J connectivity index is 2.88. The zero-order chi connectivity index (χ0) is 14.5. The fourth-order valence-electron chi connectivity index (χ4n) is 1.88. The minimum Gasteiger partial charge on any atom is -0.350 e. The van der Waals surface area contributed by atoms with Crippen molar-refractivity contribution in [2.75, 3.05) is 25.0 Å². The van der Waals surface area contributed by atoms with Gasteiger partial charge in [0.1, 0.15) is 12.4 Å². The van der Waals surface area contributed by atoms with Gasteiger partial charge in [-0.3, -0.25) is 0 Å². The lowest BCUT2D eigenvalue weighted by Gasteiger charge is -2.25. The molecule has 0 aliphatic rings. The molecule has 19 heavy (non-hydrogen) atoms. The molecule has 1 atom stereocenters. The van der Waals surface area contributed by atoms with Crippen LogP contribution in [0, 0.1) is 0 Å². The van der Waals surface area contributed by atoms with E-state index in [0.29, 0.717) is 5.82 Å². The maximum absolute atomic E-state index is 12.4. The molecule has 0 fully saturated rings. The number of rotatable bonds is 6. The molecule has 1 aromatic heterocycles. The third-order valence-electron chi connectivity index (χ3n) is 2.76. The van der Waals surface area contributed by atoms with Gasteiger partial charge in [0.25, 0.3) is 0 Å². The molecule has 0 saturated heterocycles. The van der Waals surface area contributed by atoms with Gasteiger partial charge in [0.15, 0.2) is 0 Å². The van der Waals surface area contributed by atoms with E-state index in [4.69, 9.17) is 0 Å². The van der Waals surface area contributed by atoms with Gasteiger partial charge in [0.05, 0.1) is 0 Å². The molecule has 0 spiro atoms. The van der Waals surface area contributed by atoms with Crippen LogP contribution in [0.4, 0.5) is 19.0 Å². The first-order valence-corrected chi connectivity index (χ1v) is 6.31. The Hall–Kier alpha value is -1.30. The van der Waals surface area contributed by atoms with Gasteiger partial charge in [0.2, 0.25) is 0 Å². The highest BCUT2D eigenvalue weighted by molar-refractivity contribution is 5.47. The number of nitrogens with one attached hydrogen (secondary N) is 1. The molecule has 0 aliphatic heterocycles. The van der Waals surface area contributed by atoms with Gasteiger partial charge in [-0.05, 0) is 26.0 Å². The van der Waals surface area contributed by atoms with E-state index in [1.165, 1.54) is 13.2 Å². The van der Waals surface area contributed by atoms with Gasteiger partial charge < -0.3 is 10.2 Å². The molecule has 6 heteroatoms. The molecular formula is C13H20F3N3. The number of hydrogen-bond acceptors (Lipinski definition) is 3. The van der Waals surface area contributed by atoms with Crippen molar-refractivity contribution in [3.63, 3.8) is 0 Å². The smallest absolute Gasteiger partial charge is 0.350 e. The van der Waals surface area contributed by atoms with E-state index >= 15 is 0 Å². The fraction of sp³-hybridized carbons (Fsp3) is 0.615. The van der Waals surface area contributed by atoms with Crippen LogP contribution in [0.15, 0.2) is 18.3 Å². The molecule has 0 aliphatic carbocycles. The molecular weight excluding hydrogens is 255 g/mol. The number of alkyl halides is 3. The predicted molar refractivity (Wildman–Crippen MR) is 70.3 cm³/mol. The minimum atomic E-state index is -4.23. The monoisotopic (exact) mass is 275 g/mol. The molecule has 1 unspecified atom stereocenters. The first kappa shape index (κ1) is 15.8. The molecule has 0 amide bonds. The molecule has 1 rings (SSSR count). The molecule has 1 N–H and O–H groups in total. The van der Waals surface area contributed by atoms with Gasteiger partial charge in [0, 0.05) is 24.8 Å². The standard InChI is InChI=1S/C13H20F3N3/c1-4-7-17-10(2)11-6-5-8-18-12(11)19(3)9-13(14,15)16/h5-6,8,10,17H,4,7,9H2,1-3H3. The van der Waals surface area contributed by atoms with E-state index < -0.39 is 12.7 Å². The minimum absolute atomic E-state index is 0.0284. The Kier molecular flexibility index (Phi) is 5.60. The van der Waals surface area contributed by atoms with Crippen LogP contribution in [0.3, 0.4) is 0 Å². The van der Waals surface area contributed by atoms with Crippen molar-refractivity contribution in [2.24, 2.45) is 0 Å². The molecule has 3 nitrogen and oxygen atoms in total. The first-order valence-electron chi connectivity index (χ1n) is 6.31. The van der Waals surface area contributed by atoms with Crippen LogP contribution in [-0.2, 0) is 0 Å². The number of halogens is 3. The molecule has 1 aromatic rings. The second kappa shape index (κ2) is 6.75. The van der Waals surface area contributed by atoms with Crippen molar-refractivity contribution >= 4 is 5.82 Å². The molecule has 0 saturated carbocycles. The molecule has 0 bridgehead atoms. The van der Waals surface area contributed by atoms with E-state index in [1.807, 2.05) is 19.9 Å². The second-order valence-corrected chi connectivity index (χ2v) is 4.56. The molecule has 0 aromatic carbocycles. The lowest BCUT2D eigenvalue weighted by atomic mass is 10.1. The number of nitrogens with zero attached hydrogens (tertiary/aromatic N) is 2. The Morgan fingerprint density at radius 3 is 2.68 bits per heavy atom. The normalized spacial score (nSPS) is 13.4. The summed E-state index contributed by atoms with van der Waals surface area (Å²) < 4.78 is 37.3. The van der Waals surface area contributed by atoms with E-state index in [1.54, 1.807) is 6.07 Å². The summed E-state index contributed by atoms with van der Waals surface area (Å²) in [6, 6.07) is 3.52. The van der Waals surface area contributed by atoms with E-state index in [9.17, 15) is 13.2 Å². The van der Waals surface area contributed by atoms with Crippen LogP contribution in [0.2, 0.25) is 0 Å². The summed E-state index contributed by atoms with van der Waals surface area (Å²) in [6.07, 6.45) is -1.75. The van der Waals surface area contributed by atoms with Crippen LogP contribution in [0.5, 0.6) is 0 Å². The average molecular weight is 275 g/mol. The van der Waals surface area contributed by atoms with Gasteiger partial charge >= 0.3 is 6.18 Å². The quantitative estimate of drug-likeness (QED) is 0.864. The maximum Gasteiger partial charge on any atom is 0.405 e. The van der Waals surface area contributed by atoms with Crippen molar-refractivity contribution in [3.8, 4) is 0 Å². The molecule has 0 radical (unpaired) electrons. The van der Waals surface area contributed by atoms with Gasteiger partial charge in [-0.15, -0.1) is 0 Å². The lowest BCUT2D eigenvalue weighted by Crippen LogP contribution is -2.33. The third kappa shape index (κ3) is 5.06. The fourth-order valence-corrected chi connectivity index (χ4v) is 1.88. The third-order valence-corrected chi connectivity index (χ3v) is 2.76. The summed E-state index contributed by atoms with van der Waals surface area (Å²) in [5, 5.41) is 3.26.